The molecule has 4 bridgehead atoms. The zero-order chi connectivity index (χ0) is 13.2. The maximum absolute atomic E-state index is 3.81. The van der Waals surface area contributed by atoms with E-state index in [2.05, 4.69) is 24.5 Å². The lowest BCUT2D eigenvalue weighted by Gasteiger charge is -2.54. The van der Waals surface area contributed by atoms with Gasteiger partial charge in [0.25, 0.3) is 0 Å². The van der Waals surface area contributed by atoms with Crippen molar-refractivity contribution in [3.63, 3.8) is 0 Å². The third-order valence-electron chi connectivity index (χ3n) is 6.00. The van der Waals surface area contributed by atoms with E-state index in [-0.39, 0.29) is 0 Å². The lowest BCUT2D eigenvalue weighted by atomic mass is 9.52. The van der Waals surface area contributed by atoms with Crippen molar-refractivity contribution in [1.82, 2.24) is 10.6 Å². The summed E-state index contributed by atoms with van der Waals surface area (Å²) in [6.07, 6.45) is 9.04. The van der Waals surface area contributed by atoms with E-state index in [9.17, 15) is 0 Å². The molecule has 0 spiro atoms. The van der Waals surface area contributed by atoms with Crippen LogP contribution in [0.2, 0.25) is 0 Å². The molecule has 0 aliphatic heterocycles. The highest BCUT2D eigenvalue weighted by atomic mass is 15.0. The van der Waals surface area contributed by atoms with Gasteiger partial charge in [0.2, 0.25) is 0 Å². The van der Waals surface area contributed by atoms with Crippen molar-refractivity contribution in [1.29, 1.82) is 0 Å². The minimum Gasteiger partial charge on any atom is -0.315 e. The molecule has 1 unspecified atom stereocenters. The lowest BCUT2D eigenvalue weighted by Crippen LogP contribution is -2.50. The van der Waals surface area contributed by atoms with Gasteiger partial charge in [-0.3, -0.25) is 0 Å². The molecule has 4 aliphatic rings. The average molecular weight is 264 g/mol. The van der Waals surface area contributed by atoms with Crippen molar-refractivity contribution in [2.24, 2.45) is 29.6 Å². The highest BCUT2D eigenvalue weighted by molar-refractivity contribution is 4.98. The summed E-state index contributed by atoms with van der Waals surface area (Å²) in [6.45, 7) is 8.13. The van der Waals surface area contributed by atoms with E-state index in [0.29, 0.717) is 6.04 Å². The summed E-state index contributed by atoms with van der Waals surface area (Å²) in [4.78, 5) is 0. The van der Waals surface area contributed by atoms with Crippen LogP contribution in [0, 0.1) is 29.6 Å². The lowest BCUT2D eigenvalue weighted by molar-refractivity contribution is -0.0361. The van der Waals surface area contributed by atoms with Gasteiger partial charge in [-0.2, -0.15) is 0 Å². The Labute approximate surface area is 119 Å². The fourth-order valence-electron chi connectivity index (χ4n) is 5.28. The molecule has 4 aliphatic carbocycles. The van der Waals surface area contributed by atoms with Crippen LogP contribution in [0.4, 0.5) is 0 Å². The molecule has 4 rings (SSSR count). The minimum absolute atomic E-state index is 0.628. The van der Waals surface area contributed by atoms with Crippen LogP contribution in [0.25, 0.3) is 0 Å². The molecular weight excluding hydrogens is 232 g/mol. The normalized spacial score (nSPS) is 41.7. The fourth-order valence-corrected chi connectivity index (χ4v) is 5.28. The van der Waals surface area contributed by atoms with Crippen molar-refractivity contribution >= 4 is 0 Å². The van der Waals surface area contributed by atoms with Gasteiger partial charge in [-0.05, 0) is 88.1 Å². The third kappa shape index (κ3) is 3.16. The second-order valence-electron chi connectivity index (χ2n) is 7.61. The Bertz CT molecular complexity index is 261. The summed E-state index contributed by atoms with van der Waals surface area (Å²) in [5, 5.41) is 7.33. The largest absolute Gasteiger partial charge is 0.315 e. The van der Waals surface area contributed by atoms with Gasteiger partial charge in [0, 0.05) is 12.6 Å². The molecule has 0 saturated heterocycles. The van der Waals surface area contributed by atoms with Crippen LogP contribution in [-0.2, 0) is 0 Å². The molecule has 0 amide bonds. The fraction of sp³-hybridized carbons (Fsp3) is 1.00. The number of rotatable bonds is 7. The highest BCUT2D eigenvalue weighted by Crippen LogP contribution is 2.56. The standard InChI is InChI=1S/C17H32N2/c1-3-4-18-10-12(2)19-11-17-15-6-13-5-14(8-15)9-16(17)7-13/h12-19H,3-11H2,1-2H3. The quantitative estimate of drug-likeness (QED) is 0.691. The van der Waals surface area contributed by atoms with Gasteiger partial charge in [0.15, 0.2) is 0 Å². The van der Waals surface area contributed by atoms with E-state index in [4.69, 9.17) is 0 Å². The maximum Gasteiger partial charge on any atom is 0.0164 e. The molecule has 0 radical (unpaired) electrons. The minimum atomic E-state index is 0.628. The van der Waals surface area contributed by atoms with E-state index in [1.807, 2.05) is 0 Å². The van der Waals surface area contributed by atoms with Crippen LogP contribution in [-0.4, -0.2) is 25.7 Å². The van der Waals surface area contributed by atoms with E-state index < -0.39 is 0 Å². The van der Waals surface area contributed by atoms with E-state index >= 15 is 0 Å². The van der Waals surface area contributed by atoms with Crippen LogP contribution in [0.15, 0.2) is 0 Å². The van der Waals surface area contributed by atoms with Gasteiger partial charge >= 0.3 is 0 Å². The first-order chi connectivity index (χ1) is 9.26. The van der Waals surface area contributed by atoms with Crippen LogP contribution < -0.4 is 10.6 Å². The van der Waals surface area contributed by atoms with Gasteiger partial charge in [-0.15, -0.1) is 0 Å². The second-order valence-corrected chi connectivity index (χ2v) is 7.61. The van der Waals surface area contributed by atoms with Crippen molar-refractivity contribution in [2.45, 2.75) is 58.4 Å². The van der Waals surface area contributed by atoms with Crippen molar-refractivity contribution in [3.8, 4) is 0 Å². The topological polar surface area (TPSA) is 24.1 Å². The molecule has 2 nitrogen and oxygen atoms in total. The Morgan fingerprint density at radius 2 is 1.63 bits per heavy atom. The van der Waals surface area contributed by atoms with Crippen molar-refractivity contribution in [2.75, 3.05) is 19.6 Å². The molecule has 19 heavy (non-hydrogen) atoms. The van der Waals surface area contributed by atoms with Gasteiger partial charge in [-0.1, -0.05) is 6.92 Å². The number of hydrogen-bond acceptors (Lipinski definition) is 2. The second kappa shape index (κ2) is 6.13. The molecule has 0 aromatic carbocycles. The smallest absolute Gasteiger partial charge is 0.0164 e. The summed E-state index contributed by atoms with van der Waals surface area (Å²) < 4.78 is 0. The molecular formula is C17H32N2. The first-order valence-corrected chi connectivity index (χ1v) is 8.70. The summed E-state index contributed by atoms with van der Waals surface area (Å²) in [5.41, 5.74) is 0. The Kier molecular flexibility index (Phi) is 4.48. The van der Waals surface area contributed by atoms with Crippen LogP contribution in [0.5, 0.6) is 0 Å². The van der Waals surface area contributed by atoms with Crippen LogP contribution in [0.3, 0.4) is 0 Å². The van der Waals surface area contributed by atoms with E-state index in [1.165, 1.54) is 13.0 Å². The van der Waals surface area contributed by atoms with Crippen molar-refractivity contribution < 1.29 is 0 Å². The molecule has 110 valence electrons. The summed E-state index contributed by atoms with van der Waals surface area (Å²) >= 11 is 0. The van der Waals surface area contributed by atoms with E-state index in [1.54, 1.807) is 32.1 Å². The number of hydrogen-bond donors (Lipinski definition) is 2. The van der Waals surface area contributed by atoms with Gasteiger partial charge in [0.05, 0.1) is 0 Å². The molecule has 2 heteroatoms. The summed E-state index contributed by atoms with van der Waals surface area (Å²) in [7, 11) is 0. The molecule has 0 aromatic heterocycles. The summed E-state index contributed by atoms with van der Waals surface area (Å²) in [6, 6.07) is 0.628. The number of nitrogens with one attached hydrogen (secondary N) is 2. The Morgan fingerprint density at radius 3 is 2.21 bits per heavy atom. The van der Waals surface area contributed by atoms with Gasteiger partial charge < -0.3 is 10.6 Å². The molecule has 2 N–H and O–H groups in total. The third-order valence-corrected chi connectivity index (χ3v) is 6.00. The monoisotopic (exact) mass is 264 g/mol. The first kappa shape index (κ1) is 13.9. The van der Waals surface area contributed by atoms with Gasteiger partial charge in [-0.25, -0.2) is 0 Å². The first-order valence-electron chi connectivity index (χ1n) is 8.70. The maximum atomic E-state index is 3.81. The van der Waals surface area contributed by atoms with Crippen molar-refractivity contribution in [3.05, 3.63) is 0 Å². The molecule has 1 atom stereocenters. The Morgan fingerprint density at radius 1 is 1.00 bits per heavy atom. The Balaban J connectivity index is 1.43. The molecule has 0 heterocycles. The average Bonchev–Trinajstić information content (AvgIpc) is 2.37. The molecule has 4 saturated carbocycles. The van der Waals surface area contributed by atoms with Crippen LogP contribution >= 0.6 is 0 Å². The predicted molar refractivity (Wildman–Crippen MR) is 81.2 cm³/mol. The highest BCUT2D eigenvalue weighted by Gasteiger charge is 2.47. The van der Waals surface area contributed by atoms with Gasteiger partial charge in [0.1, 0.15) is 0 Å². The van der Waals surface area contributed by atoms with Crippen LogP contribution in [0.1, 0.15) is 52.4 Å². The molecule has 0 aromatic rings. The van der Waals surface area contributed by atoms with E-state index in [0.717, 1.165) is 42.7 Å². The Hall–Kier alpha value is -0.0800. The zero-order valence-electron chi connectivity index (χ0n) is 12.8. The zero-order valence-corrected chi connectivity index (χ0v) is 12.8. The summed E-state index contributed by atoms with van der Waals surface area (Å²) in [5.74, 6) is 5.37. The SMILES string of the molecule is CCCNCC(C)NCC1C2CC3CC(C2)CC1C3. The molecule has 4 fully saturated rings. The predicted octanol–water partition coefficient (Wildman–Crippen LogP) is 3.04.